The van der Waals surface area contributed by atoms with Crippen LogP contribution in [0.4, 0.5) is 0 Å². The molecule has 3 rings (SSSR count). The van der Waals surface area contributed by atoms with Crippen molar-refractivity contribution in [1.82, 2.24) is 4.90 Å². The van der Waals surface area contributed by atoms with Gasteiger partial charge in [0, 0.05) is 13.1 Å². The molecule has 1 aromatic rings. The number of likely N-dealkylation sites (tertiary alicyclic amines) is 1. The number of piperidine rings is 1. The van der Waals surface area contributed by atoms with Crippen LogP contribution in [0.25, 0.3) is 6.08 Å². The van der Waals surface area contributed by atoms with Gasteiger partial charge in [0.05, 0.1) is 0 Å². The van der Waals surface area contributed by atoms with Crippen LogP contribution in [0.2, 0.25) is 0 Å². The Morgan fingerprint density at radius 3 is 2.71 bits per heavy atom. The first kappa shape index (κ1) is 13.5. The average molecular weight is 284 g/mol. The van der Waals surface area contributed by atoms with Crippen LogP contribution in [0, 0.1) is 11.3 Å². The van der Waals surface area contributed by atoms with E-state index in [1.165, 1.54) is 0 Å². The zero-order valence-electron chi connectivity index (χ0n) is 11.7. The summed E-state index contributed by atoms with van der Waals surface area (Å²) in [6, 6.07) is 7.39. The normalized spacial score (nSPS) is 17.5. The van der Waals surface area contributed by atoms with Crippen molar-refractivity contribution in [2.24, 2.45) is 0 Å². The van der Waals surface area contributed by atoms with Crippen LogP contribution < -0.4 is 9.47 Å². The number of nitrogens with zero attached hydrogens (tertiary/aromatic N) is 2. The first-order valence-electron chi connectivity index (χ1n) is 7.08. The molecule has 21 heavy (non-hydrogen) atoms. The molecule has 108 valence electrons. The first-order chi connectivity index (χ1) is 10.3. The molecule has 0 aromatic heterocycles. The molecule has 2 aliphatic heterocycles. The van der Waals surface area contributed by atoms with Crippen LogP contribution in [-0.4, -0.2) is 30.7 Å². The Labute approximate surface area is 123 Å². The summed E-state index contributed by atoms with van der Waals surface area (Å²) in [6.07, 6.45) is 4.78. The molecule has 0 bridgehead atoms. The highest BCUT2D eigenvalue weighted by Gasteiger charge is 2.20. The molecule has 0 unspecified atom stereocenters. The van der Waals surface area contributed by atoms with Gasteiger partial charge in [-0.25, -0.2) is 0 Å². The van der Waals surface area contributed by atoms with Gasteiger partial charge in [0.25, 0.3) is 5.91 Å². The highest BCUT2D eigenvalue weighted by Crippen LogP contribution is 2.33. The Morgan fingerprint density at radius 2 is 1.95 bits per heavy atom. The van der Waals surface area contributed by atoms with Crippen molar-refractivity contribution < 1.29 is 14.3 Å². The minimum absolute atomic E-state index is 0.163. The van der Waals surface area contributed by atoms with Crippen LogP contribution in [0.3, 0.4) is 0 Å². The van der Waals surface area contributed by atoms with Crippen LogP contribution >= 0.6 is 0 Å². The molecule has 1 saturated heterocycles. The van der Waals surface area contributed by atoms with E-state index in [1.807, 2.05) is 12.1 Å². The molecule has 0 N–H and O–H groups in total. The van der Waals surface area contributed by atoms with Crippen LogP contribution in [0.15, 0.2) is 23.8 Å². The van der Waals surface area contributed by atoms with E-state index in [1.54, 1.807) is 23.1 Å². The van der Waals surface area contributed by atoms with Gasteiger partial charge in [-0.05, 0) is 43.0 Å². The number of ether oxygens (including phenoxy) is 2. The Kier molecular flexibility index (Phi) is 3.78. The topological polar surface area (TPSA) is 62.6 Å². The summed E-state index contributed by atoms with van der Waals surface area (Å²) in [6.45, 7) is 1.68. The second-order valence-corrected chi connectivity index (χ2v) is 5.14. The van der Waals surface area contributed by atoms with Crippen LogP contribution in [0.5, 0.6) is 11.5 Å². The van der Waals surface area contributed by atoms with Gasteiger partial charge in [0.15, 0.2) is 11.5 Å². The summed E-state index contributed by atoms with van der Waals surface area (Å²) < 4.78 is 10.5. The molecule has 1 amide bonds. The monoisotopic (exact) mass is 284 g/mol. The number of hydrogen-bond acceptors (Lipinski definition) is 4. The van der Waals surface area contributed by atoms with Crippen molar-refractivity contribution in [1.29, 1.82) is 5.26 Å². The third-order valence-electron chi connectivity index (χ3n) is 3.70. The molecule has 5 nitrogen and oxygen atoms in total. The summed E-state index contributed by atoms with van der Waals surface area (Å²) in [5, 5.41) is 9.26. The zero-order chi connectivity index (χ0) is 14.7. The van der Waals surface area contributed by atoms with E-state index in [9.17, 15) is 10.1 Å². The summed E-state index contributed by atoms with van der Waals surface area (Å²) in [5.74, 6) is 1.15. The summed E-state index contributed by atoms with van der Waals surface area (Å²) in [7, 11) is 0. The zero-order valence-corrected chi connectivity index (χ0v) is 11.7. The fourth-order valence-electron chi connectivity index (χ4n) is 2.58. The van der Waals surface area contributed by atoms with E-state index in [0.29, 0.717) is 11.5 Å². The largest absolute Gasteiger partial charge is 0.454 e. The minimum Gasteiger partial charge on any atom is -0.454 e. The lowest BCUT2D eigenvalue weighted by Gasteiger charge is -2.26. The standard InChI is InChI=1S/C16H16N2O3/c17-10-13(16(19)18-6-2-1-3-7-18)8-12-4-5-14-15(9-12)21-11-20-14/h4-5,8-9H,1-3,6-7,11H2/b13-8+. The fourth-order valence-corrected chi connectivity index (χ4v) is 2.58. The minimum atomic E-state index is -0.185. The van der Waals surface area contributed by atoms with E-state index in [-0.39, 0.29) is 18.3 Å². The molecule has 0 spiro atoms. The number of amides is 1. The number of hydrogen-bond donors (Lipinski definition) is 0. The van der Waals surface area contributed by atoms with Crippen molar-refractivity contribution >= 4 is 12.0 Å². The van der Waals surface area contributed by atoms with Crippen molar-refractivity contribution in [3.63, 3.8) is 0 Å². The van der Waals surface area contributed by atoms with Gasteiger partial charge in [-0.3, -0.25) is 4.79 Å². The lowest BCUT2D eigenvalue weighted by Crippen LogP contribution is -2.36. The quantitative estimate of drug-likeness (QED) is 0.617. The van der Waals surface area contributed by atoms with Crippen LogP contribution in [-0.2, 0) is 4.79 Å². The predicted molar refractivity (Wildman–Crippen MR) is 76.6 cm³/mol. The molecule has 1 fully saturated rings. The van der Waals surface area contributed by atoms with Crippen molar-refractivity contribution in [2.75, 3.05) is 19.9 Å². The lowest BCUT2D eigenvalue weighted by molar-refractivity contribution is -0.127. The molecule has 1 aromatic carbocycles. The summed E-state index contributed by atoms with van der Waals surface area (Å²) in [5.41, 5.74) is 0.928. The molecule has 2 aliphatic rings. The number of fused-ring (bicyclic) bond motifs is 1. The molecule has 0 atom stereocenters. The Balaban J connectivity index is 1.82. The van der Waals surface area contributed by atoms with Gasteiger partial charge in [-0.15, -0.1) is 0 Å². The predicted octanol–water partition coefficient (Wildman–Crippen LogP) is 2.33. The van der Waals surface area contributed by atoms with E-state index >= 15 is 0 Å². The summed E-state index contributed by atoms with van der Waals surface area (Å²) >= 11 is 0. The Hall–Kier alpha value is -2.48. The van der Waals surface area contributed by atoms with Gasteiger partial charge in [-0.2, -0.15) is 5.26 Å². The van der Waals surface area contributed by atoms with Crippen LogP contribution in [0.1, 0.15) is 24.8 Å². The maximum atomic E-state index is 12.3. The number of rotatable bonds is 2. The Morgan fingerprint density at radius 1 is 1.19 bits per heavy atom. The number of nitriles is 1. The molecule has 5 heteroatoms. The molecular weight excluding hydrogens is 268 g/mol. The van der Waals surface area contributed by atoms with E-state index in [4.69, 9.17) is 9.47 Å². The molecule has 0 saturated carbocycles. The van der Waals surface area contributed by atoms with Gasteiger partial charge in [-0.1, -0.05) is 6.07 Å². The number of carbonyl (C=O) groups excluding carboxylic acids is 1. The molecule has 0 aliphatic carbocycles. The maximum absolute atomic E-state index is 12.3. The van der Waals surface area contributed by atoms with E-state index in [2.05, 4.69) is 0 Å². The summed E-state index contributed by atoms with van der Waals surface area (Å²) in [4.78, 5) is 14.1. The number of carbonyl (C=O) groups is 1. The average Bonchev–Trinajstić information content (AvgIpc) is 3.00. The van der Waals surface area contributed by atoms with Gasteiger partial charge in [0.1, 0.15) is 11.6 Å². The number of benzene rings is 1. The van der Waals surface area contributed by atoms with Crippen molar-refractivity contribution in [2.45, 2.75) is 19.3 Å². The van der Waals surface area contributed by atoms with Crippen molar-refractivity contribution in [3.05, 3.63) is 29.3 Å². The van der Waals surface area contributed by atoms with E-state index in [0.717, 1.165) is 37.9 Å². The second-order valence-electron chi connectivity index (χ2n) is 5.14. The SMILES string of the molecule is N#C/C(=C\c1ccc2c(c1)OCO2)C(=O)N1CCCCC1. The van der Waals surface area contributed by atoms with Gasteiger partial charge in [0.2, 0.25) is 6.79 Å². The maximum Gasteiger partial charge on any atom is 0.264 e. The van der Waals surface area contributed by atoms with Gasteiger partial charge >= 0.3 is 0 Å². The third kappa shape index (κ3) is 2.84. The lowest BCUT2D eigenvalue weighted by atomic mass is 10.1. The second kappa shape index (κ2) is 5.88. The molecule has 0 radical (unpaired) electrons. The highest BCUT2D eigenvalue weighted by molar-refractivity contribution is 6.01. The highest BCUT2D eigenvalue weighted by atomic mass is 16.7. The van der Waals surface area contributed by atoms with Crippen molar-refractivity contribution in [3.8, 4) is 17.6 Å². The van der Waals surface area contributed by atoms with Gasteiger partial charge < -0.3 is 14.4 Å². The first-order valence-corrected chi connectivity index (χ1v) is 7.08. The molecular formula is C16H16N2O3. The molecule has 2 heterocycles. The Bertz CT molecular complexity index is 625. The fraction of sp³-hybridized carbons (Fsp3) is 0.375. The smallest absolute Gasteiger partial charge is 0.264 e. The third-order valence-corrected chi connectivity index (χ3v) is 3.70. The van der Waals surface area contributed by atoms with E-state index < -0.39 is 0 Å².